The molecule has 2 rings (SSSR count). The Balaban J connectivity index is 2.10. The third kappa shape index (κ3) is 4.12. The van der Waals surface area contributed by atoms with E-state index in [0.717, 1.165) is 12.1 Å². The number of hydrogen-bond acceptors (Lipinski definition) is 2. The molecule has 0 heterocycles. The molecular formula is C16H14F2N2O2. The van der Waals surface area contributed by atoms with Gasteiger partial charge in [0.1, 0.15) is 17.7 Å². The van der Waals surface area contributed by atoms with Crippen molar-refractivity contribution in [2.45, 2.75) is 12.5 Å². The minimum absolute atomic E-state index is 0.0695. The van der Waals surface area contributed by atoms with E-state index in [9.17, 15) is 18.4 Å². The van der Waals surface area contributed by atoms with E-state index in [4.69, 9.17) is 5.73 Å². The van der Waals surface area contributed by atoms with E-state index in [1.54, 1.807) is 6.07 Å². The Kier molecular flexibility index (Phi) is 4.83. The second kappa shape index (κ2) is 6.80. The summed E-state index contributed by atoms with van der Waals surface area (Å²) in [5, 5.41) is 2.46. The highest BCUT2D eigenvalue weighted by Crippen LogP contribution is 2.08. The first-order valence-corrected chi connectivity index (χ1v) is 6.56. The molecule has 2 amide bonds. The second-order valence-electron chi connectivity index (χ2n) is 4.77. The lowest BCUT2D eigenvalue weighted by Gasteiger charge is -2.15. The molecule has 0 aromatic heterocycles. The highest BCUT2D eigenvalue weighted by Gasteiger charge is 2.19. The molecule has 3 N–H and O–H groups in total. The van der Waals surface area contributed by atoms with Crippen LogP contribution in [0.25, 0.3) is 0 Å². The third-order valence-electron chi connectivity index (χ3n) is 3.08. The van der Waals surface area contributed by atoms with Crippen LogP contribution in [-0.2, 0) is 11.2 Å². The zero-order chi connectivity index (χ0) is 16.1. The minimum Gasteiger partial charge on any atom is -0.368 e. The van der Waals surface area contributed by atoms with Gasteiger partial charge < -0.3 is 11.1 Å². The maximum Gasteiger partial charge on any atom is 0.251 e. The molecular weight excluding hydrogens is 290 g/mol. The number of nitrogens with one attached hydrogen (secondary N) is 1. The minimum atomic E-state index is -0.987. The van der Waals surface area contributed by atoms with Gasteiger partial charge in [0.15, 0.2) is 0 Å². The van der Waals surface area contributed by atoms with Crippen LogP contribution in [0.3, 0.4) is 0 Å². The number of benzene rings is 2. The lowest BCUT2D eigenvalue weighted by Crippen LogP contribution is -2.45. The van der Waals surface area contributed by atoms with Gasteiger partial charge in [-0.1, -0.05) is 12.1 Å². The molecule has 0 aliphatic rings. The summed E-state index contributed by atoms with van der Waals surface area (Å²) < 4.78 is 26.0. The Morgan fingerprint density at radius 3 is 2.32 bits per heavy atom. The fourth-order valence-electron chi connectivity index (χ4n) is 1.97. The molecule has 2 aromatic rings. The van der Waals surface area contributed by atoms with Crippen molar-refractivity contribution in [3.8, 4) is 0 Å². The summed E-state index contributed by atoms with van der Waals surface area (Å²) in [6.45, 7) is 0. The predicted octanol–water partition coefficient (Wildman–Crippen LogP) is 1.79. The van der Waals surface area contributed by atoms with E-state index in [2.05, 4.69) is 5.32 Å². The topological polar surface area (TPSA) is 72.2 Å². The van der Waals surface area contributed by atoms with Crippen LogP contribution >= 0.6 is 0 Å². The van der Waals surface area contributed by atoms with Gasteiger partial charge in [-0.2, -0.15) is 0 Å². The zero-order valence-electron chi connectivity index (χ0n) is 11.6. The molecule has 0 unspecified atom stereocenters. The number of halogens is 2. The first-order valence-electron chi connectivity index (χ1n) is 6.56. The molecule has 4 nitrogen and oxygen atoms in total. The monoisotopic (exact) mass is 304 g/mol. The van der Waals surface area contributed by atoms with E-state index in [0.29, 0.717) is 5.56 Å². The summed E-state index contributed by atoms with van der Waals surface area (Å²) in [4.78, 5) is 23.5. The Morgan fingerprint density at radius 2 is 1.73 bits per heavy atom. The summed E-state index contributed by atoms with van der Waals surface area (Å²) in [7, 11) is 0. The van der Waals surface area contributed by atoms with Gasteiger partial charge in [0, 0.05) is 12.0 Å². The van der Waals surface area contributed by atoms with Crippen molar-refractivity contribution >= 4 is 11.8 Å². The van der Waals surface area contributed by atoms with Crippen molar-refractivity contribution in [1.29, 1.82) is 0 Å². The molecule has 0 spiro atoms. The molecule has 0 radical (unpaired) electrons. The molecule has 0 bridgehead atoms. The molecule has 6 heteroatoms. The lowest BCUT2D eigenvalue weighted by atomic mass is 10.0. The maximum atomic E-state index is 13.1. The molecule has 0 fully saturated rings. The first kappa shape index (κ1) is 15.6. The van der Waals surface area contributed by atoms with Crippen molar-refractivity contribution in [3.63, 3.8) is 0 Å². The average molecular weight is 304 g/mol. The summed E-state index contributed by atoms with van der Waals surface area (Å²) in [6.07, 6.45) is 0.0695. The van der Waals surface area contributed by atoms with E-state index in [1.807, 2.05) is 0 Å². The molecule has 0 saturated carbocycles. The number of carbonyl (C=O) groups excluding carboxylic acids is 2. The van der Waals surface area contributed by atoms with Crippen molar-refractivity contribution in [2.24, 2.45) is 5.73 Å². The van der Waals surface area contributed by atoms with Gasteiger partial charge in [0.2, 0.25) is 5.91 Å². The maximum absolute atomic E-state index is 13.1. The molecule has 22 heavy (non-hydrogen) atoms. The van der Waals surface area contributed by atoms with Crippen LogP contribution in [0.15, 0.2) is 48.5 Å². The summed E-state index contributed by atoms with van der Waals surface area (Å²) in [6, 6.07) is 9.56. The van der Waals surface area contributed by atoms with Gasteiger partial charge in [-0.05, 0) is 42.0 Å². The van der Waals surface area contributed by atoms with Crippen molar-refractivity contribution < 1.29 is 18.4 Å². The Morgan fingerprint density at radius 1 is 1.05 bits per heavy atom. The second-order valence-corrected chi connectivity index (χ2v) is 4.77. The highest BCUT2D eigenvalue weighted by atomic mass is 19.1. The molecule has 0 aliphatic carbocycles. The van der Waals surface area contributed by atoms with Crippen LogP contribution in [-0.4, -0.2) is 17.9 Å². The van der Waals surface area contributed by atoms with Crippen LogP contribution in [0.5, 0.6) is 0 Å². The van der Waals surface area contributed by atoms with Crippen LogP contribution in [0.2, 0.25) is 0 Å². The van der Waals surface area contributed by atoms with Crippen LogP contribution < -0.4 is 11.1 Å². The van der Waals surface area contributed by atoms with Crippen LogP contribution in [0.1, 0.15) is 15.9 Å². The number of rotatable bonds is 5. The van der Waals surface area contributed by atoms with Crippen LogP contribution in [0.4, 0.5) is 8.78 Å². The van der Waals surface area contributed by atoms with Gasteiger partial charge in [0.25, 0.3) is 5.91 Å². The van der Waals surface area contributed by atoms with Gasteiger partial charge in [-0.15, -0.1) is 0 Å². The SMILES string of the molecule is NC(=O)[C@H](Cc1cccc(F)c1)NC(=O)c1ccc(F)cc1. The normalized spacial score (nSPS) is 11.7. The van der Waals surface area contributed by atoms with Gasteiger partial charge in [-0.3, -0.25) is 9.59 Å². The largest absolute Gasteiger partial charge is 0.368 e. The number of primary amides is 1. The number of carbonyl (C=O) groups is 2. The molecule has 114 valence electrons. The van der Waals surface area contributed by atoms with Crippen molar-refractivity contribution in [3.05, 3.63) is 71.3 Å². The number of amides is 2. The zero-order valence-corrected chi connectivity index (χ0v) is 11.6. The average Bonchev–Trinajstić information content (AvgIpc) is 2.47. The van der Waals surface area contributed by atoms with E-state index >= 15 is 0 Å². The highest BCUT2D eigenvalue weighted by molar-refractivity contribution is 5.97. The van der Waals surface area contributed by atoms with Crippen LogP contribution in [0, 0.1) is 11.6 Å². The summed E-state index contributed by atoms with van der Waals surface area (Å²) in [5.74, 6) is -2.20. The quantitative estimate of drug-likeness (QED) is 0.884. The predicted molar refractivity (Wildman–Crippen MR) is 77.0 cm³/mol. The lowest BCUT2D eigenvalue weighted by molar-refractivity contribution is -0.119. The van der Waals surface area contributed by atoms with Gasteiger partial charge >= 0.3 is 0 Å². The first-order chi connectivity index (χ1) is 10.5. The van der Waals surface area contributed by atoms with E-state index < -0.39 is 29.5 Å². The fraction of sp³-hybridized carbons (Fsp3) is 0.125. The third-order valence-corrected chi connectivity index (χ3v) is 3.08. The van der Waals surface area contributed by atoms with Gasteiger partial charge in [-0.25, -0.2) is 8.78 Å². The van der Waals surface area contributed by atoms with E-state index in [1.165, 1.54) is 30.3 Å². The number of nitrogens with two attached hydrogens (primary N) is 1. The number of hydrogen-bond donors (Lipinski definition) is 2. The van der Waals surface area contributed by atoms with Crippen molar-refractivity contribution in [1.82, 2.24) is 5.32 Å². The Labute approximate surface area is 125 Å². The summed E-state index contributed by atoms with van der Waals surface area (Å²) in [5.41, 5.74) is 6.00. The standard InChI is InChI=1S/C16H14F2N2O2/c17-12-6-4-11(5-7-12)16(22)20-14(15(19)21)9-10-2-1-3-13(18)8-10/h1-8,14H,9H2,(H2,19,21)(H,20,22)/t14-/m0/s1. The molecule has 1 atom stereocenters. The van der Waals surface area contributed by atoms with Crippen molar-refractivity contribution in [2.75, 3.05) is 0 Å². The Hall–Kier alpha value is -2.76. The van der Waals surface area contributed by atoms with E-state index in [-0.39, 0.29) is 12.0 Å². The Bertz CT molecular complexity index is 687. The fourth-order valence-corrected chi connectivity index (χ4v) is 1.97. The molecule has 0 aliphatic heterocycles. The molecule has 0 saturated heterocycles. The van der Waals surface area contributed by atoms with Gasteiger partial charge in [0.05, 0.1) is 0 Å². The smallest absolute Gasteiger partial charge is 0.251 e. The summed E-state index contributed by atoms with van der Waals surface area (Å²) >= 11 is 0. The molecule has 2 aromatic carbocycles.